The van der Waals surface area contributed by atoms with Gasteiger partial charge in [0, 0.05) is 19.0 Å². The molecule has 0 aliphatic heterocycles. The Morgan fingerprint density at radius 2 is 2.06 bits per heavy atom. The first-order valence-corrected chi connectivity index (χ1v) is 7.46. The number of hydrogen-bond donors (Lipinski definition) is 1. The monoisotopic (exact) mass is 268 g/mol. The van der Waals surface area contributed by atoms with E-state index in [1.807, 2.05) is 0 Å². The van der Waals surface area contributed by atoms with Crippen molar-refractivity contribution in [3.8, 4) is 0 Å². The SMILES string of the molecule is CC1CC1CN(C)c1nc(C(C)(C)C)c(CO)s1. The molecular weight excluding hydrogens is 244 g/mol. The zero-order valence-corrected chi connectivity index (χ0v) is 12.8. The van der Waals surface area contributed by atoms with Crippen molar-refractivity contribution in [3.05, 3.63) is 10.6 Å². The van der Waals surface area contributed by atoms with Crippen LogP contribution in [-0.4, -0.2) is 23.7 Å². The fraction of sp³-hybridized carbons (Fsp3) is 0.786. The van der Waals surface area contributed by atoms with Gasteiger partial charge in [0.25, 0.3) is 0 Å². The zero-order valence-electron chi connectivity index (χ0n) is 12.0. The first-order valence-electron chi connectivity index (χ1n) is 6.65. The Hall–Kier alpha value is -0.610. The molecule has 1 aliphatic rings. The highest BCUT2D eigenvalue weighted by atomic mass is 32.1. The molecule has 4 heteroatoms. The Kier molecular flexibility index (Phi) is 3.70. The Morgan fingerprint density at radius 1 is 1.44 bits per heavy atom. The molecule has 1 heterocycles. The number of nitrogens with zero attached hydrogens (tertiary/aromatic N) is 2. The summed E-state index contributed by atoms with van der Waals surface area (Å²) in [5, 5.41) is 10.5. The van der Waals surface area contributed by atoms with Crippen LogP contribution in [0.1, 0.15) is 44.7 Å². The van der Waals surface area contributed by atoms with Gasteiger partial charge in [-0.15, -0.1) is 0 Å². The third-order valence-corrected chi connectivity index (χ3v) is 4.81. The van der Waals surface area contributed by atoms with Crippen LogP contribution in [0, 0.1) is 11.8 Å². The molecule has 1 N–H and O–H groups in total. The summed E-state index contributed by atoms with van der Waals surface area (Å²) in [5.41, 5.74) is 1.04. The van der Waals surface area contributed by atoms with E-state index in [1.54, 1.807) is 11.3 Å². The van der Waals surface area contributed by atoms with E-state index in [0.717, 1.165) is 34.1 Å². The standard InChI is InChI=1S/C14H24N2OS/c1-9-6-10(9)7-16(5)13-15-12(14(2,3)4)11(8-17)18-13/h9-10,17H,6-8H2,1-5H3. The van der Waals surface area contributed by atoms with Gasteiger partial charge in [0.05, 0.1) is 17.2 Å². The first kappa shape index (κ1) is 13.8. The molecule has 18 heavy (non-hydrogen) atoms. The van der Waals surface area contributed by atoms with E-state index in [-0.39, 0.29) is 12.0 Å². The van der Waals surface area contributed by atoms with Gasteiger partial charge in [0.15, 0.2) is 5.13 Å². The summed E-state index contributed by atoms with van der Waals surface area (Å²) in [6.45, 7) is 9.93. The fourth-order valence-electron chi connectivity index (χ4n) is 2.28. The normalized spacial score (nSPS) is 23.2. The van der Waals surface area contributed by atoms with Gasteiger partial charge in [-0.25, -0.2) is 4.98 Å². The minimum absolute atomic E-state index is 0.000522. The lowest BCUT2D eigenvalue weighted by molar-refractivity contribution is 0.282. The zero-order chi connectivity index (χ0) is 13.5. The maximum atomic E-state index is 9.47. The molecule has 0 aromatic carbocycles. The van der Waals surface area contributed by atoms with E-state index in [0.29, 0.717) is 0 Å². The van der Waals surface area contributed by atoms with Crippen LogP contribution >= 0.6 is 11.3 Å². The minimum atomic E-state index is 0.000522. The van der Waals surface area contributed by atoms with E-state index in [2.05, 4.69) is 39.6 Å². The summed E-state index contributed by atoms with van der Waals surface area (Å²) in [6, 6.07) is 0. The lowest BCUT2D eigenvalue weighted by atomic mass is 9.91. The number of thiazole rings is 1. The molecule has 0 spiro atoms. The molecule has 0 bridgehead atoms. The summed E-state index contributed by atoms with van der Waals surface area (Å²) in [5.74, 6) is 1.70. The summed E-state index contributed by atoms with van der Waals surface area (Å²) in [6.07, 6.45) is 1.34. The highest BCUT2D eigenvalue weighted by Crippen LogP contribution is 2.40. The van der Waals surface area contributed by atoms with Gasteiger partial charge in [0.1, 0.15) is 0 Å². The number of aliphatic hydroxyl groups excluding tert-OH is 1. The highest BCUT2D eigenvalue weighted by molar-refractivity contribution is 7.15. The second kappa shape index (κ2) is 4.82. The van der Waals surface area contributed by atoms with Crippen LogP contribution in [0.4, 0.5) is 5.13 Å². The number of rotatable bonds is 4. The predicted molar refractivity (Wildman–Crippen MR) is 77.3 cm³/mol. The molecule has 2 unspecified atom stereocenters. The Labute approximate surface area is 114 Å². The van der Waals surface area contributed by atoms with Crippen molar-refractivity contribution in [2.75, 3.05) is 18.5 Å². The smallest absolute Gasteiger partial charge is 0.185 e. The fourth-order valence-corrected chi connectivity index (χ4v) is 3.38. The maximum Gasteiger partial charge on any atom is 0.185 e. The van der Waals surface area contributed by atoms with Crippen molar-refractivity contribution in [1.29, 1.82) is 0 Å². The Balaban J connectivity index is 2.15. The summed E-state index contributed by atoms with van der Waals surface area (Å²) in [4.78, 5) is 7.99. The van der Waals surface area contributed by atoms with Crippen LogP contribution in [0.15, 0.2) is 0 Å². The van der Waals surface area contributed by atoms with E-state index in [1.165, 1.54) is 6.42 Å². The molecule has 3 nitrogen and oxygen atoms in total. The molecule has 1 saturated carbocycles. The van der Waals surface area contributed by atoms with E-state index < -0.39 is 0 Å². The van der Waals surface area contributed by atoms with Crippen LogP contribution in [0.5, 0.6) is 0 Å². The van der Waals surface area contributed by atoms with Crippen LogP contribution < -0.4 is 4.90 Å². The molecule has 102 valence electrons. The van der Waals surface area contributed by atoms with E-state index >= 15 is 0 Å². The third kappa shape index (κ3) is 2.86. The van der Waals surface area contributed by atoms with Crippen molar-refractivity contribution >= 4 is 16.5 Å². The summed E-state index contributed by atoms with van der Waals surface area (Å²) in [7, 11) is 2.11. The molecule has 0 amide bonds. The molecule has 1 fully saturated rings. The topological polar surface area (TPSA) is 36.4 Å². The lowest BCUT2D eigenvalue weighted by Gasteiger charge is -2.18. The molecule has 2 atom stereocenters. The number of aromatic nitrogens is 1. The molecule has 0 saturated heterocycles. The van der Waals surface area contributed by atoms with E-state index in [9.17, 15) is 5.11 Å². The van der Waals surface area contributed by atoms with Gasteiger partial charge in [-0.3, -0.25) is 0 Å². The highest BCUT2D eigenvalue weighted by Gasteiger charge is 2.34. The summed E-state index contributed by atoms with van der Waals surface area (Å²) < 4.78 is 0. The number of hydrogen-bond acceptors (Lipinski definition) is 4. The molecule has 1 aliphatic carbocycles. The molecule has 2 rings (SSSR count). The Morgan fingerprint density at radius 3 is 2.44 bits per heavy atom. The maximum absolute atomic E-state index is 9.47. The van der Waals surface area contributed by atoms with Crippen molar-refractivity contribution in [1.82, 2.24) is 4.98 Å². The van der Waals surface area contributed by atoms with Gasteiger partial charge in [-0.1, -0.05) is 39.0 Å². The summed E-state index contributed by atoms with van der Waals surface area (Å²) >= 11 is 1.63. The van der Waals surface area contributed by atoms with Crippen molar-refractivity contribution < 1.29 is 5.11 Å². The molecule has 1 aromatic rings. The van der Waals surface area contributed by atoms with Crippen molar-refractivity contribution in [3.63, 3.8) is 0 Å². The van der Waals surface area contributed by atoms with Crippen LogP contribution in [0.25, 0.3) is 0 Å². The van der Waals surface area contributed by atoms with Gasteiger partial charge in [0.2, 0.25) is 0 Å². The van der Waals surface area contributed by atoms with Gasteiger partial charge in [-0.2, -0.15) is 0 Å². The minimum Gasteiger partial charge on any atom is -0.391 e. The second-order valence-electron chi connectivity index (χ2n) is 6.53. The Bertz CT molecular complexity index is 422. The van der Waals surface area contributed by atoms with Gasteiger partial charge < -0.3 is 10.0 Å². The second-order valence-corrected chi connectivity index (χ2v) is 7.59. The molecule has 1 aromatic heterocycles. The largest absolute Gasteiger partial charge is 0.391 e. The van der Waals surface area contributed by atoms with Crippen LogP contribution in [0.3, 0.4) is 0 Å². The van der Waals surface area contributed by atoms with Crippen molar-refractivity contribution in [2.45, 2.75) is 46.1 Å². The quantitative estimate of drug-likeness (QED) is 0.912. The molecule has 0 radical (unpaired) electrons. The first-order chi connectivity index (χ1) is 8.32. The average molecular weight is 268 g/mol. The number of aliphatic hydroxyl groups is 1. The molecular formula is C14H24N2OS. The van der Waals surface area contributed by atoms with Gasteiger partial charge >= 0.3 is 0 Å². The van der Waals surface area contributed by atoms with E-state index in [4.69, 9.17) is 4.98 Å². The van der Waals surface area contributed by atoms with Crippen molar-refractivity contribution in [2.24, 2.45) is 11.8 Å². The van der Waals surface area contributed by atoms with Crippen LogP contribution in [0.2, 0.25) is 0 Å². The number of anilines is 1. The third-order valence-electron chi connectivity index (χ3n) is 3.65. The van der Waals surface area contributed by atoms with Crippen LogP contribution in [-0.2, 0) is 12.0 Å². The van der Waals surface area contributed by atoms with Gasteiger partial charge in [-0.05, 0) is 18.3 Å². The average Bonchev–Trinajstić information content (AvgIpc) is 2.82. The lowest BCUT2D eigenvalue weighted by Crippen LogP contribution is -2.21. The predicted octanol–water partition coefficient (Wildman–Crippen LogP) is 3.03.